The van der Waals surface area contributed by atoms with Crippen LogP contribution in [0.2, 0.25) is 0 Å². The predicted molar refractivity (Wildman–Crippen MR) is 54.0 cm³/mol. The summed E-state index contributed by atoms with van der Waals surface area (Å²) >= 11 is 0. The molecule has 7 heteroatoms. The third-order valence-electron chi connectivity index (χ3n) is 2.88. The van der Waals surface area contributed by atoms with E-state index in [2.05, 4.69) is 0 Å². The van der Waals surface area contributed by atoms with Crippen LogP contribution in [0.3, 0.4) is 0 Å². The number of halogens is 6. The molecule has 0 saturated carbocycles. The van der Waals surface area contributed by atoms with Crippen molar-refractivity contribution in [2.75, 3.05) is 0 Å². The smallest absolute Gasteiger partial charge is 0.332 e. The van der Waals surface area contributed by atoms with Gasteiger partial charge < -0.3 is 4.57 Å². The third kappa shape index (κ3) is 2.35. The van der Waals surface area contributed by atoms with E-state index in [9.17, 15) is 26.3 Å². The summed E-state index contributed by atoms with van der Waals surface area (Å²) in [6.07, 6.45) is -10.1. The van der Waals surface area contributed by atoms with Crippen molar-refractivity contribution in [3.63, 3.8) is 0 Å². The highest BCUT2D eigenvalue weighted by molar-refractivity contribution is 5.06. The zero-order chi connectivity index (χ0) is 14.0. The standard InChI is InChI=1S/C11H13F6N/c1-2-3-6-9(10(12,13)14,11(15,16)17)18-7-4-5-8-18/h4-5,7-8H,2-3,6H2,1H3. The van der Waals surface area contributed by atoms with E-state index in [1.165, 1.54) is 0 Å². The van der Waals surface area contributed by atoms with Crippen LogP contribution in [-0.2, 0) is 5.54 Å². The van der Waals surface area contributed by atoms with E-state index in [1.54, 1.807) is 6.92 Å². The van der Waals surface area contributed by atoms with Gasteiger partial charge in [0.15, 0.2) is 0 Å². The molecule has 1 aromatic rings. The number of hydrogen-bond acceptors (Lipinski definition) is 0. The minimum atomic E-state index is -5.39. The summed E-state index contributed by atoms with van der Waals surface area (Å²) in [5.41, 5.74) is -3.83. The molecule has 0 fully saturated rings. The molecule has 0 aromatic carbocycles. The summed E-state index contributed by atoms with van der Waals surface area (Å²) in [5, 5.41) is 0. The normalized spacial score (nSPS) is 13.9. The lowest BCUT2D eigenvalue weighted by atomic mass is 9.90. The number of nitrogens with zero attached hydrogens (tertiary/aromatic N) is 1. The molecule has 1 nitrogen and oxygen atoms in total. The molecule has 0 radical (unpaired) electrons. The zero-order valence-electron chi connectivity index (χ0n) is 9.65. The van der Waals surface area contributed by atoms with E-state index in [0.717, 1.165) is 24.5 Å². The first-order valence-electron chi connectivity index (χ1n) is 5.43. The molecule has 0 saturated heterocycles. The highest BCUT2D eigenvalue weighted by atomic mass is 19.4. The fraction of sp³-hybridized carbons (Fsp3) is 0.636. The lowest BCUT2D eigenvalue weighted by Gasteiger charge is -2.38. The van der Waals surface area contributed by atoms with E-state index in [0.29, 0.717) is 0 Å². The number of rotatable bonds is 4. The van der Waals surface area contributed by atoms with Gasteiger partial charge in [-0.2, -0.15) is 26.3 Å². The molecular weight excluding hydrogens is 260 g/mol. The number of hydrogen-bond donors (Lipinski definition) is 0. The first kappa shape index (κ1) is 14.9. The first-order chi connectivity index (χ1) is 8.17. The SMILES string of the molecule is CCCCC(n1cccc1)(C(F)(F)F)C(F)(F)F. The van der Waals surface area contributed by atoms with Crippen LogP contribution >= 0.6 is 0 Å². The number of aromatic nitrogens is 1. The Labute approximate surface area is 100 Å². The van der Waals surface area contributed by atoms with E-state index >= 15 is 0 Å². The maximum Gasteiger partial charge on any atom is 0.420 e. The van der Waals surface area contributed by atoms with Gasteiger partial charge in [0.25, 0.3) is 0 Å². The molecule has 0 aliphatic carbocycles. The fourth-order valence-electron chi connectivity index (χ4n) is 1.89. The van der Waals surface area contributed by atoms with Gasteiger partial charge in [-0.3, -0.25) is 0 Å². The summed E-state index contributed by atoms with van der Waals surface area (Å²) in [7, 11) is 0. The lowest BCUT2D eigenvalue weighted by molar-refractivity contribution is -0.331. The highest BCUT2D eigenvalue weighted by Crippen LogP contribution is 2.51. The molecule has 0 spiro atoms. The monoisotopic (exact) mass is 273 g/mol. The van der Waals surface area contributed by atoms with Gasteiger partial charge in [-0.1, -0.05) is 19.8 Å². The van der Waals surface area contributed by atoms with Crippen LogP contribution in [0.25, 0.3) is 0 Å². The molecule has 0 atom stereocenters. The Kier molecular flexibility index (Phi) is 4.02. The molecule has 1 heterocycles. The van der Waals surface area contributed by atoms with Gasteiger partial charge in [0.1, 0.15) is 0 Å². The van der Waals surface area contributed by atoms with Gasteiger partial charge in [0, 0.05) is 12.4 Å². The molecule has 1 aromatic heterocycles. The highest BCUT2D eigenvalue weighted by Gasteiger charge is 2.71. The van der Waals surface area contributed by atoms with Crippen molar-refractivity contribution in [3.8, 4) is 0 Å². The van der Waals surface area contributed by atoms with E-state index in [4.69, 9.17) is 0 Å². The summed E-state index contributed by atoms with van der Waals surface area (Å²) < 4.78 is 78.3. The molecule has 104 valence electrons. The third-order valence-corrected chi connectivity index (χ3v) is 2.88. The largest absolute Gasteiger partial charge is 0.420 e. The van der Waals surface area contributed by atoms with Gasteiger partial charge in [-0.25, -0.2) is 0 Å². The van der Waals surface area contributed by atoms with E-state index in [1.807, 2.05) is 0 Å². The summed E-state index contributed by atoms with van der Waals surface area (Å²) in [4.78, 5) is 0. The average molecular weight is 273 g/mol. The quantitative estimate of drug-likeness (QED) is 0.712. The molecule has 0 unspecified atom stereocenters. The van der Waals surface area contributed by atoms with E-state index in [-0.39, 0.29) is 17.4 Å². The second kappa shape index (κ2) is 4.85. The van der Waals surface area contributed by atoms with Crippen LogP contribution < -0.4 is 0 Å². The maximum absolute atomic E-state index is 13.0. The number of unbranched alkanes of at least 4 members (excludes halogenated alkanes) is 1. The lowest BCUT2D eigenvalue weighted by Crippen LogP contribution is -2.57. The minimum Gasteiger partial charge on any atom is -0.332 e. The Morgan fingerprint density at radius 1 is 0.889 bits per heavy atom. The molecule has 0 bridgehead atoms. The minimum absolute atomic E-state index is 0.156. The molecule has 0 amide bonds. The summed E-state index contributed by atoms with van der Waals surface area (Å²) in [5.74, 6) is 0. The van der Waals surface area contributed by atoms with Gasteiger partial charge >= 0.3 is 12.4 Å². The Morgan fingerprint density at radius 2 is 1.33 bits per heavy atom. The van der Waals surface area contributed by atoms with Crippen molar-refractivity contribution in [1.29, 1.82) is 0 Å². The second-order valence-corrected chi connectivity index (χ2v) is 4.05. The molecule has 1 rings (SSSR count). The van der Waals surface area contributed by atoms with Crippen LogP contribution in [0.4, 0.5) is 26.3 Å². The van der Waals surface area contributed by atoms with Gasteiger partial charge in [0.05, 0.1) is 0 Å². The van der Waals surface area contributed by atoms with Gasteiger partial charge in [-0.15, -0.1) is 0 Å². The van der Waals surface area contributed by atoms with Crippen molar-refractivity contribution in [2.45, 2.75) is 44.1 Å². The molecule has 18 heavy (non-hydrogen) atoms. The van der Waals surface area contributed by atoms with Crippen LogP contribution in [0.1, 0.15) is 26.2 Å². The topological polar surface area (TPSA) is 4.93 Å². The average Bonchev–Trinajstić information content (AvgIpc) is 2.68. The van der Waals surface area contributed by atoms with Crippen LogP contribution in [0.5, 0.6) is 0 Å². The van der Waals surface area contributed by atoms with Gasteiger partial charge in [0.2, 0.25) is 5.54 Å². The van der Waals surface area contributed by atoms with E-state index < -0.39 is 24.3 Å². The zero-order valence-corrected chi connectivity index (χ0v) is 9.65. The first-order valence-corrected chi connectivity index (χ1v) is 5.43. The van der Waals surface area contributed by atoms with Crippen molar-refractivity contribution < 1.29 is 26.3 Å². The summed E-state index contributed by atoms with van der Waals surface area (Å²) in [6, 6.07) is 2.30. The number of alkyl halides is 6. The van der Waals surface area contributed by atoms with Gasteiger partial charge in [-0.05, 0) is 18.6 Å². The Bertz CT molecular complexity index is 348. The summed E-state index contributed by atoms with van der Waals surface area (Å²) in [6.45, 7) is 1.55. The molecular formula is C11H13F6N. The van der Waals surface area contributed by atoms with Crippen molar-refractivity contribution in [2.24, 2.45) is 0 Å². The Hall–Kier alpha value is -1.14. The maximum atomic E-state index is 13.0. The Morgan fingerprint density at radius 3 is 1.67 bits per heavy atom. The molecule has 0 aliphatic heterocycles. The van der Waals surface area contributed by atoms with Crippen LogP contribution in [0.15, 0.2) is 24.5 Å². The van der Waals surface area contributed by atoms with Crippen molar-refractivity contribution in [1.82, 2.24) is 4.57 Å². The van der Waals surface area contributed by atoms with Crippen LogP contribution in [0, 0.1) is 0 Å². The van der Waals surface area contributed by atoms with Crippen molar-refractivity contribution >= 4 is 0 Å². The Balaban J connectivity index is 3.37. The second-order valence-electron chi connectivity index (χ2n) is 4.05. The molecule has 0 aliphatic rings. The fourth-order valence-corrected chi connectivity index (χ4v) is 1.89. The van der Waals surface area contributed by atoms with Crippen LogP contribution in [-0.4, -0.2) is 16.9 Å². The predicted octanol–water partition coefficient (Wildman–Crippen LogP) is 4.50. The molecule has 0 N–H and O–H groups in total. The van der Waals surface area contributed by atoms with Crippen molar-refractivity contribution in [3.05, 3.63) is 24.5 Å².